The highest BCUT2D eigenvalue weighted by molar-refractivity contribution is 5.45. The van der Waals surface area contributed by atoms with Crippen molar-refractivity contribution < 1.29 is 0 Å². The lowest BCUT2D eigenvalue weighted by atomic mass is 10.0. The molecule has 0 unspecified atom stereocenters. The Balaban J connectivity index is 2.12. The Bertz CT molecular complexity index is 536. The maximum atomic E-state index is 4.62. The van der Waals surface area contributed by atoms with Crippen LogP contribution in [0.4, 0.5) is 0 Å². The molecule has 0 aliphatic carbocycles. The molecule has 0 fully saturated rings. The van der Waals surface area contributed by atoms with Crippen molar-refractivity contribution in [1.82, 2.24) is 25.3 Å². The first kappa shape index (κ1) is 11.2. The molecule has 18 heavy (non-hydrogen) atoms. The molecule has 2 aromatic rings. The molecule has 1 aliphatic heterocycles. The van der Waals surface area contributed by atoms with E-state index in [0.717, 1.165) is 37.3 Å². The van der Waals surface area contributed by atoms with Gasteiger partial charge in [-0.3, -0.25) is 0 Å². The van der Waals surface area contributed by atoms with Gasteiger partial charge in [0.25, 0.3) is 0 Å². The Morgan fingerprint density at radius 2 is 2.00 bits per heavy atom. The third-order valence-corrected chi connectivity index (χ3v) is 3.12. The number of hydrogen-bond donors (Lipinski definition) is 1. The van der Waals surface area contributed by atoms with Crippen molar-refractivity contribution in [2.24, 2.45) is 0 Å². The summed E-state index contributed by atoms with van der Waals surface area (Å²) >= 11 is 0. The standard InChI is InChI=1S/C13H15N5/c1-2-10-9-8-14-7-4-11(9)18-13(17-10)12-15-5-3-6-16-12/h3,5-6,14H,2,4,7-8H2,1H3. The zero-order valence-corrected chi connectivity index (χ0v) is 10.3. The zero-order valence-electron chi connectivity index (χ0n) is 10.3. The number of nitrogens with one attached hydrogen (secondary N) is 1. The third-order valence-electron chi connectivity index (χ3n) is 3.12. The molecule has 5 nitrogen and oxygen atoms in total. The first-order chi connectivity index (χ1) is 8.88. The summed E-state index contributed by atoms with van der Waals surface area (Å²) < 4.78 is 0. The smallest absolute Gasteiger partial charge is 0.198 e. The van der Waals surface area contributed by atoms with Crippen LogP contribution in [0, 0.1) is 0 Å². The zero-order chi connectivity index (χ0) is 12.4. The molecule has 0 amide bonds. The molecule has 5 heteroatoms. The van der Waals surface area contributed by atoms with Crippen LogP contribution in [-0.2, 0) is 19.4 Å². The number of fused-ring (bicyclic) bond motifs is 1. The second-order valence-corrected chi connectivity index (χ2v) is 4.27. The summed E-state index contributed by atoms with van der Waals surface area (Å²) in [5.74, 6) is 1.25. The SMILES string of the molecule is CCc1nc(-c2ncccn2)nc2c1CNCC2. The van der Waals surface area contributed by atoms with E-state index in [-0.39, 0.29) is 0 Å². The van der Waals surface area contributed by atoms with E-state index >= 15 is 0 Å². The van der Waals surface area contributed by atoms with Crippen LogP contribution in [0.5, 0.6) is 0 Å². The van der Waals surface area contributed by atoms with Gasteiger partial charge in [0.05, 0.1) is 5.69 Å². The van der Waals surface area contributed by atoms with Crippen molar-refractivity contribution in [2.75, 3.05) is 6.54 Å². The van der Waals surface area contributed by atoms with Gasteiger partial charge < -0.3 is 5.32 Å². The number of aromatic nitrogens is 4. The van der Waals surface area contributed by atoms with Gasteiger partial charge in [0.2, 0.25) is 0 Å². The molecule has 0 radical (unpaired) electrons. The van der Waals surface area contributed by atoms with Crippen molar-refractivity contribution in [2.45, 2.75) is 26.3 Å². The van der Waals surface area contributed by atoms with E-state index in [2.05, 4.69) is 32.2 Å². The molecule has 3 heterocycles. The van der Waals surface area contributed by atoms with Crippen LogP contribution in [-0.4, -0.2) is 26.5 Å². The van der Waals surface area contributed by atoms with E-state index in [1.807, 2.05) is 0 Å². The van der Waals surface area contributed by atoms with E-state index < -0.39 is 0 Å². The van der Waals surface area contributed by atoms with Crippen LogP contribution in [0.3, 0.4) is 0 Å². The molecule has 0 bridgehead atoms. The van der Waals surface area contributed by atoms with Gasteiger partial charge >= 0.3 is 0 Å². The number of rotatable bonds is 2. The molecule has 0 aromatic carbocycles. The first-order valence-electron chi connectivity index (χ1n) is 6.25. The molecule has 1 aliphatic rings. The minimum atomic E-state index is 0.605. The summed E-state index contributed by atoms with van der Waals surface area (Å²) in [6, 6.07) is 1.80. The summed E-state index contributed by atoms with van der Waals surface area (Å²) in [4.78, 5) is 17.7. The van der Waals surface area contributed by atoms with Crippen molar-refractivity contribution in [1.29, 1.82) is 0 Å². The highest BCUT2D eigenvalue weighted by Crippen LogP contribution is 2.19. The maximum Gasteiger partial charge on any atom is 0.198 e. The van der Waals surface area contributed by atoms with Crippen LogP contribution in [0.1, 0.15) is 23.9 Å². The average Bonchev–Trinajstić information content (AvgIpc) is 2.47. The number of hydrogen-bond acceptors (Lipinski definition) is 5. The van der Waals surface area contributed by atoms with Crippen molar-refractivity contribution in [3.8, 4) is 11.6 Å². The van der Waals surface area contributed by atoms with Gasteiger partial charge in [-0.25, -0.2) is 19.9 Å². The number of aryl methyl sites for hydroxylation is 1. The van der Waals surface area contributed by atoms with Crippen LogP contribution in [0.25, 0.3) is 11.6 Å². The minimum absolute atomic E-state index is 0.605. The van der Waals surface area contributed by atoms with Crippen molar-refractivity contribution in [3.63, 3.8) is 0 Å². The number of nitrogens with zero attached hydrogens (tertiary/aromatic N) is 4. The molecule has 0 atom stereocenters. The van der Waals surface area contributed by atoms with E-state index in [9.17, 15) is 0 Å². The second kappa shape index (κ2) is 4.78. The Hall–Kier alpha value is -1.88. The summed E-state index contributed by atoms with van der Waals surface area (Å²) in [6.45, 7) is 3.96. The second-order valence-electron chi connectivity index (χ2n) is 4.27. The van der Waals surface area contributed by atoms with Gasteiger partial charge in [-0.05, 0) is 12.5 Å². The quantitative estimate of drug-likeness (QED) is 0.854. The fourth-order valence-electron chi connectivity index (χ4n) is 2.22. The molecule has 0 saturated carbocycles. The van der Waals surface area contributed by atoms with E-state index in [0.29, 0.717) is 11.6 Å². The van der Waals surface area contributed by atoms with Gasteiger partial charge in [0.15, 0.2) is 11.6 Å². The summed E-state index contributed by atoms with van der Waals surface area (Å²) in [7, 11) is 0. The van der Waals surface area contributed by atoms with E-state index in [4.69, 9.17) is 0 Å². The first-order valence-corrected chi connectivity index (χ1v) is 6.25. The normalized spacial score (nSPS) is 14.3. The third kappa shape index (κ3) is 1.97. The maximum absolute atomic E-state index is 4.62. The molecule has 0 spiro atoms. The lowest BCUT2D eigenvalue weighted by Crippen LogP contribution is -2.26. The topological polar surface area (TPSA) is 63.6 Å². The van der Waals surface area contributed by atoms with E-state index in [1.54, 1.807) is 18.5 Å². The average molecular weight is 241 g/mol. The Kier molecular flexibility index (Phi) is 2.98. The van der Waals surface area contributed by atoms with Gasteiger partial charge in [-0.2, -0.15) is 0 Å². The highest BCUT2D eigenvalue weighted by atomic mass is 15.0. The van der Waals surface area contributed by atoms with Crippen LogP contribution in [0.2, 0.25) is 0 Å². The molecular weight excluding hydrogens is 226 g/mol. The molecule has 3 rings (SSSR count). The van der Waals surface area contributed by atoms with E-state index in [1.165, 1.54) is 5.56 Å². The van der Waals surface area contributed by atoms with Crippen molar-refractivity contribution in [3.05, 3.63) is 35.4 Å². The molecule has 1 N–H and O–H groups in total. The lowest BCUT2D eigenvalue weighted by Gasteiger charge is -2.19. The van der Waals surface area contributed by atoms with Crippen LogP contribution < -0.4 is 5.32 Å². The summed E-state index contributed by atoms with van der Waals surface area (Å²) in [6.07, 6.45) is 5.30. The Morgan fingerprint density at radius 1 is 1.17 bits per heavy atom. The predicted molar refractivity (Wildman–Crippen MR) is 67.8 cm³/mol. The van der Waals surface area contributed by atoms with Gasteiger partial charge in [-0.1, -0.05) is 6.92 Å². The molecular formula is C13H15N5. The van der Waals surface area contributed by atoms with Crippen LogP contribution in [0.15, 0.2) is 18.5 Å². The molecule has 0 saturated heterocycles. The Morgan fingerprint density at radius 3 is 2.78 bits per heavy atom. The highest BCUT2D eigenvalue weighted by Gasteiger charge is 2.17. The Labute approximate surface area is 106 Å². The summed E-state index contributed by atoms with van der Waals surface area (Å²) in [5, 5.41) is 3.36. The van der Waals surface area contributed by atoms with Gasteiger partial charge in [0.1, 0.15) is 0 Å². The fraction of sp³-hybridized carbons (Fsp3) is 0.385. The molecule has 2 aromatic heterocycles. The molecule has 92 valence electrons. The minimum Gasteiger partial charge on any atom is -0.312 e. The van der Waals surface area contributed by atoms with Crippen LogP contribution >= 0.6 is 0 Å². The fourth-order valence-corrected chi connectivity index (χ4v) is 2.22. The largest absolute Gasteiger partial charge is 0.312 e. The van der Waals surface area contributed by atoms with Gasteiger partial charge in [0, 0.05) is 43.2 Å². The predicted octanol–water partition coefficient (Wildman–Crippen LogP) is 1.14. The summed E-state index contributed by atoms with van der Waals surface area (Å²) in [5.41, 5.74) is 3.50. The lowest BCUT2D eigenvalue weighted by molar-refractivity contribution is 0.618. The monoisotopic (exact) mass is 241 g/mol. The van der Waals surface area contributed by atoms with Gasteiger partial charge in [-0.15, -0.1) is 0 Å². The van der Waals surface area contributed by atoms with Crippen molar-refractivity contribution >= 4 is 0 Å².